The fourth-order valence-electron chi connectivity index (χ4n) is 3.51. The second kappa shape index (κ2) is 8.03. The van der Waals surface area contributed by atoms with E-state index in [0.29, 0.717) is 18.3 Å². The van der Waals surface area contributed by atoms with Crippen molar-refractivity contribution in [1.29, 1.82) is 0 Å². The molecule has 1 fully saturated rings. The third kappa shape index (κ3) is 4.33. The lowest BCUT2D eigenvalue weighted by molar-refractivity contribution is 0.170. The van der Waals surface area contributed by atoms with E-state index < -0.39 is 0 Å². The van der Waals surface area contributed by atoms with E-state index in [4.69, 9.17) is 0 Å². The van der Waals surface area contributed by atoms with Gasteiger partial charge in [0.2, 0.25) is 0 Å². The van der Waals surface area contributed by atoms with Gasteiger partial charge in [0, 0.05) is 50.5 Å². The van der Waals surface area contributed by atoms with E-state index in [0.717, 1.165) is 38.0 Å². The second-order valence-corrected chi connectivity index (χ2v) is 6.88. The molecule has 4 rings (SSSR count). The van der Waals surface area contributed by atoms with Crippen LogP contribution in [0.4, 0.5) is 10.6 Å². The van der Waals surface area contributed by atoms with Crippen molar-refractivity contribution in [3.8, 4) is 0 Å². The molecule has 2 amide bonds. The van der Waals surface area contributed by atoms with Crippen molar-refractivity contribution in [2.75, 3.05) is 18.4 Å². The number of likely N-dealkylation sites (tertiary alicyclic amines) is 1. The Morgan fingerprint density at radius 1 is 1.22 bits per heavy atom. The maximum absolute atomic E-state index is 12.8. The predicted molar refractivity (Wildman–Crippen MR) is 101 cm³/mol. The normalized spacial score (nSPS) is 17.0. The first-order chi connectivity index (χ1) is 13.3. The van der Waals surface area contributed by atoms with Gasteiger partial charge >= 0.3 is 6.03 Å². The lowest BCUT2D eigenvalue weighted by Gasteiger charge is -2.32. The summed E-state index contributed by atoms with van der Waals surface area (Å²) in [6.45, 7) is 2.99. The monoisotopic (exact) mass is 365 g/mol. The van der Waals surface area contributed by atoms with E-state index in [1.54, 1.807) is 29.5 Å². The van der Waals surface area contributed by atoms with Gasteiger partial charge in [0.25, 0.3) is 0 Å². The molecule has 140 valence electrons. The summed E-state index contributed by atoms with van der Waals surface area (Å²) < 4.78 is 3.86. The quantitative estimate of drug-likeness (QED) is 0.753. The van der Waals surface area contributed by atoms with Gasteiger partial charge in [-0.05, 0) is 30.4 Å². The zero-order valence-corrected chi connectivity index (χ0v) is 15.1. The molecule has 0 bridgehead atoms. The van der Waals surface area contributed by atoms with Crippen LogP contribution in [0.5, 0.6) is 0 Å². The molecule has 27 heavy (non-hydrogen) atoms. The topological polar surface area (TPSA) is 80.9 Å². The Labute approximate surface area is 157 Å². The summed E-state index contributed by atoms with van der Waals surface area (Å²) in [6, 6.07) is 5.64. The van der Waals surface area contributed by atoms with Crippen LogP contribution in [-0.4, -0.2) is 48.3 Å². The molecule has 0 aliphatic carbocycles. The number of carbonyl (C=O) groups excluding carboxylic acids is 1. The van der Waals surface area contributed by atoms with Crippen LogP contribution in [0.15, 0.2) is 55.5 Å². The van der Waals surface area contributed by atoms with Gasteiger partial charge in [-0.3, -0.25) is 10.3 Å². The number of rotatable bonds is 5. The number of amides is 2. The summed E-state index contributed by atoms with van der Waals surface area (Å²) >= 11 is 0. The first-order valence-corrected chi connectivity index (χ1v) is 9.20. The number of pyridine rings is 1. The smallest absolute Gasteiger partial charge is 0.323 e. The third-order valence-electron chi connectivity index (χ3n) is 4.84. The molecule has 0 saturated carbocycles. The van der Waals surface area contributed by atoms with Gasteiger partial charge in [0.15, 0.2) is 0 Å². The van der Waals surface area contributed by atoms with Gasteiger partial charge in [-0.1, -0.05) is 6.07 Å². The number of urea groups is 1. The molecular weight excluding hydrogens is 342 g/mol. The fourth-order valence-corrected chi connectivity index (χ4v) is 3.51. The Balaban J connectivity index is 1.37. The maximum atomic E-state index is 12.8. The fraction of sp³-hybridized carbons (Fsp3) is 0.368. The molecule has 1 saturated heterocycles. The van der Waals surface area contributed by atoms with Crippen molar-refractivity contribution in [2.45, 2.75) is 25.9 Å². The van der Waals surface area contributed by atoms with Crippen molar-refractivity contribution in [3.63, 3.8) is 0 Å². The first-order valence-electron chi connectivity index (χ1n) is 9.20. The largest absolute Gasteiger partial charge is 0.337 e. The van der Waals surface area contributed by atoms with Crippen LogP contribution in [0.25, 0.3) is 0 Å². The minimum atomic E-state index is -0.0710. The molecule has 3 aromatic heterocycles. The molecule has 1 N–H and O–H groups in total. The van der Waals surface area contributed by atoms with Crippen molar-refractivity contribution >= 4 is 11.8 Å². The Morgan fingerprint density at radius 2 is 2.19 bits per heavy atom. The number of nitrogens with zero attached hydrogens (tertiary/aromatic N) is 6. The second-order valence-electron chi connectivity index (χ2n) is 6.88. The number of hydrogen-bond donors (Lipinski definition) is 1. The Bertz CT molecular complexity index is 859. The first kappa shape index (κ1) is 17.3. The summed E-state index contributed by atoms with van der Waals surface area (Å²) in [5.41, 5.74) is 1.04. The molecule has 8 heteroatoms. The van der Waals surface area contributed by atoms with Crippen LogP contribution < -0.4 is 5.32 Å². The Hall–Kier alpha value is -3.16. The maximum Gasteiger partial charge on any atom is 0.323 e. The van der Waals surface area contributed by atoms with Crippen molar-refractivity contribution < 1.29 is 4.79 Å². The van der Waals surface area contributed by atoms with Gasteiger partial charge in [-0.15, -0.1) is 0 Å². The van der Waals surface area contributed by atoms with Gasteiger partial charge in [0.1, 0.15) is 5.82 Å². The zero-order chi connectivity index (χ0) is 18.5. The van der Waals surface area contributed by atoms with Crippen LogP contribution in [0.3, 0.4) is 0 Å². The van der Waals surface area contributed by atoms with E-state index in [1.165, 1.54) is 0 Å². The van der Waals surface area contributed by atoms with Crippen molar-refractivity contribution in [3.05, 3.63) is 61.1 Å². The predicted octanol–water partition coefficient (Wildman–Crippen LogP) is 2.47. The van der Waals surface area contributed by atoms with Crippen LogP contribution in [0, 0.1) is 5.92 Å². The molecule has 1 atom stereocenters. The zero-order valence-electron chi connectivity index (χ0n) is 15.1. The highest BCUT2D eigenvalue weighted by Crippen LogP contribution is 2.19. The highest BCUT2D eigenvalue weighted by molar-refractivity contribution is 5.88. The molecule has 1 unspecified atom stereocenters. The molecule has 1 aliphatic heterocycles. The van der Waals surface area contributed by atoms with E-state index in [9.17, 15) is 4.79 Å². The number of anilines is 1. The molecular formula is C19H23N7O. The molecule has 4 heterocycles. The van der Waals surface area contributed by atoms with Gasteiger partial charge < -0.3 is 9.47 Å². The van der Waals surface area contributed by atoms with E-state index >= 15 is 0 Å². The number of aromatic nitrogens is 5. The number of nitrogens with one attached hydrogen (secondary N) is 1. The van der Waals surface area contributed by atoms with Crippen LogP contribution in [-0.2, 0) is 13.1 Å². The van der Waals surface area contributed by atoms with E-state index in [-0.39, 0.29) is 6.03 Å². The minimum absolute atomic E-state index is 0.0710. The number of piperidine rings is 1. The van der Waals surface area contributed by atoms with Gasteiger partial charge in [0.05, 0.1) is 19.1 Å². The SMILES string of the molecule is O=C(Nc1ccnn1Cc1cccnc1)N1CCCC(Cn2ccnc2)C1. The number of imidazole rings is 1. The average Bonchev–Trinajstić information content (AvgIpc) is 3.35. The lowest BCUT2D eigenvalue weighted by atomic mass is 9.98. The van der Waals surface area contributed by atoms with Gasteiger partial charge in [-0.2, -0.15) is 5.10 Å². The highest BCUT2D eigenvalue weighted by atomic mass is 16.2. The van der Waals surface area contributed by atoms with Crippen LogP contribution in [0.2, 0.25) is 0 Å². The molecule has 0 aromatic carbocycles. The Kier molecular flexibility index (Phi) is 5.13. The minimum Gasteiger partial charge on any atom is -0.337 e. The van der Waals surface area contributed by atoms with Crippen molar-refractivity contribution in [1.82, 2.24) is 29.2 Å². The molecule has 0 radical (unpaired) electrons. The summed E-state index contributed by atoms with van der Waals surface area (Å²) in [7, 11) is 0. The molecule has 1 aliphatic rings. The number of hydrogen-bond acceptors (Lipinski definition) is 4. The van der Waals surface area contributed by atoms with Crippen molar-refractivity contribution in [2.24, 2.45) is 5.92 Å². The summed E-state index contributed by atoms with van der Waals surface area (Å²) in [4.78, 5) is 22.9. The Morgan fingerprint density at radius 3 is 3.00 bits per heavy atom. The molecule has 8 nitrogen and oxygen atoms in total. The average molecular weight is 365 g/mol. The molecule has 3 aromatic rings. The van der Waals surface area contributed by atoms with Crippen LogP contribution in [0.1, 0.15) is 18.4 Å². The van der Waals surface area contributed by atoms with Crippen LogP contribution >= 0.6 is 0 Å². The number of carbonyl (C=O) groups is 1. The lowest BCUT2D eigenvalue weighted by Crippen LogP contribution is -2.43. The third-order valence-corrected chi connectivity index (χ3v) is 4.84. The van der Waals surface area contributed by atoms with E-state index in [1.807, 2.05) is 35.6 Å². The molecule has 0 spiro atoms. The summed E-state index contributed by atoms with van der Waals surface area (Å²) in [5, 5.41) is 7.33. The highest BCUT2D eigenvalue weighted by Gasteiger charge is 2.24. The summed E-state index contributed by atoms with van der Waals surface area (Å²) in [6.07, 6.45) is 13.0. The van der Waals surface area contributed by atoms with Gasteiger partial charge in [-0.25, -0.2) is 14.5 Å². The van der Waals surface area contributed by atoms with E-state index in [2.05, 4.69) is 25.0 Å². The summed E-state index contributed by atoms with van der Waals surface area (Å²) in [5.74, 6) is 1.14. The standard InChI is InChI=1S/C19H23N7O/c27-19(25-9-2-4-17(13-25)12-24-10-8-21-15-24)23-18-5-7-22-26(18)14-16-3-1-6-20-11-16/h1,3,5-8,10-11,15,17H,2,4,9,12-14H2,(H,23,27).